The minimum atomic E-state index is -1.29. The number of pyridine rings is 1. The highest BCUT2D eigenvalue weighted by molar-refractivity contribution is 6.20. The summed E-state index contributed by atoms with van der Waals surface area (Å²) in [5.74, 6) is -1.38. The Morgan fingerprint density at radius 3 is 2.67 bits per heavy atom. The summed E-state index contributed by atoms with van der Waals surface area (Å²) in [4.78, 5) is 36.2. The van der Waals surface area contributed by atoms with Gasteiger partial charge in [0.05, 0.1) is 23.1 Å². The number of aliphatic imine (C=N–C) groups is 1. The van der Waals surface area contributed by atoms with Gasteiger partial charge in [0.25, 0.3) is 11.8 Å². The number of ether oxygens (including phenoxy) is 1. The SMILES string of the molecule is CCNc1ccc(-c2nn3c(c2C(=O)N[C@H]2N=C(c4ccccc4)c4ccccc4NC2=O)O[C@@H](C)CCC3)c(F)n1. The third kappa shape index (κ3) is 5.20. The average molecular weight is 568 g/mol. The van der Waals surface area contributed by atoms with Crippen LogP contribution in [0.2, 0.25) is 0 Å². The second kappa shape index (κ2) is 11.4. The van der Waals surface area contributed by atoms with E-state index in [9.17, 15) is 9.59 Å². The Bertz CT molecular complexity index is 1690. The van der Waals surface area contributed by atoms with E-state index in [0.29, 0.717) is 30.3 Å². The van der Waals surface area contributed by atoms with Gasteiger partial charge in [-0.25, -0.2) is 14.7 Å². The molecule has 0 spiro atoms. The number of carbonyl (C=O) groups is 2. The normalized spacial score (nSPS) is 17.9. The summed E-state index contributed by atoms with van der Waals surface area (Å²) >= 11 is 0. The van der Waals surface area contributed by atoms with Crippen LogP contribution in [0.4, 0.5) is 15.9 Å². The number of nitrogens with zero attached hydrogens (tertiary/aromatic N) is 4. The molecular formula is C31H30FN7O3. The Hall–Kier alpha value is -5.06. The van der Waals surface area contributed by atoms with Crippen molar-refractivity contribution in [3.63, 3.8) is 0 Å². The predicted molar refractivity (Wildman–Crippen MR) is 157 cm³/mol. The van der Waals surface area contributed by atoms with E-state index in [1.54, 1.807) is 16.8 Å². The van der Waals surface area contributed by atoms with Gasteiger partial charge >= 0.3 is 0 Å². The summed E-state index contributed by atoms with van der Waals surface area (Å²) in [6, 6.07) is 19.9. The molecule has 6 rings (SSSR count). The first kappa shape index (κ1) is 27.1. The number of hydrogen-bond acceptors (Lipinski definition) is 7. The predicted octanol–water partition coefficient (Wildman–Crippen LogP) is 4.62. The fourth-order valence-electron chi connectivity index (χ4n) is 5.16. The largest absolute Gasteiger partial charge is 0.474 e. The molecule has 0 radical (unpaired) electrons. The van der Waals surface area contributed by atoms with Crippen molar-refractivity contribution in [2.24, 2.45) is 4.99 Å². The number of anilines is 2. The molecule has 0 unspecified atom stereocenters. The first-order valence-electron chi connectivity index (χ1n) is 14.0. The molecule has 11 heteroatoms. The lowest BCUT2D eigenvalue weighted by Crippen LogP contribution is -2.42. The maximum atomic E-state index is 15.3. The summed E-state index contributed by atoms with van der Waals surface area (Å²) in [7, 11) is 0. The third-order valence-corrected chi connectivity index (χ3v) is 7.15. The van der Waals surface area contributed by atoms with E-state index in [2.05, 4.69) is 26.0 Å². The van der Waals surface area contributed by atoms with Crippen molar-refractivity contribution in [1.82, 2.24) is 20.1 Å². The summed E-state index contributed by atoms with van der Waals surface area (Å²) < 4.78 is 23.0. The Morgan fingerprint density at radius 1 is 1.10 bits per heavy atom. The van der Waals surface area contributed by atoms with E-state index in [4.69, 9.17) is 9.73 Å². The molecule has 0 bridgehead atoms. The van der Waals surface area contributed by atoms with E-state index in [1.807, 2.05) is 62.4 Å². The van der Waals surface area contributed by atoms with Gasteiger partial charge in [0, 0.05) is 24.2 Å². The zero-order chi connectivity index (χ0) is 29.2. The Kier molecular flexibility index (Phi) is 7.39. The van der Waals surface area contributed by atoms with Crippen LogP contribution in [0.15, 0.2) is 71.7 Å². The molecule has 0 saturated heterocycles. The lowest BCUT2D eigenvalue weighted by Gasteiger charge is -2.16. The Balaban J connectivity index is 1.43. The van der Waals surface area contributed by atoms with Crippen molar-refractivity contribution < 1.29 is 18.7 Å². The molecule has 214 valence electrons. The van der Waals surface area contributed by atoms with Gasteiger partial charge in [-0.3, -0.25) is 9.59 Å². The van der Waals surface area contributed by atoms with Crippen LogP contribution in [-0.4, -0.2) is 51.1 Å². The lowest BCUT2D eigenvalue weighted by atomic mass is 10.0. The first-order valence-corrected chi connectivity index (χ1v) is 14.0. The highest BCUT2D eigenvalue weighted by atomic mass is 19.1. The molecule has 0 aliphatic carbocycles. The topological polar surface area (TPSA) is 123 Å². The number of rotatable bonds is 6. The molecule has 10 nitrogen and oxygen atoms in total. The summed E-state index contributed by atoms with van der Waals surface area (Å²) in [5.41, 5.74) is 2.77. The molecule has 4 aromatic rings. The molecule has 42 heavy (non-hydrogen) atoms. The quantitative estimate of drug-likeness (QED) is 0.292. The highest BCUT2D eigenvalue weighted by Crippen LogP contribution is 2.35. The summed E-state index contributed by atoms with van der Waals surface area (Å²) in [5, 5.41) is 13.2. The van der Waals surface area contributed by atoms with E-state index < -0.39 is 23.9 Å². The zero-order valence-electron chi connectivity index (χ0n) is 23.2. The van der Waals surface area contributed by atoms with Crippen LogP contribution in [-0.2, 0) is 11.3 Å². The molecule has 2 aromatic carbocycles. The number of fused-ring (bicyclic) bond motifs is 2. The monoisotopic (exact) mass is 567 g/mol. The molecule has 2 aliphatic rings. The Morgan fingerprint density at radius 2 is 1.88 bits per heavy atom. The molecule has 0 saturated carbocycles. The number of halogens is 1. The maximum absolute atomic E-state index is 15.3. The van der Waals surface area contributed by atoms with Crippen LogP contribution in [0.3, 0.4) is 0 Å². The fourth-order valence-corrected chi connectivity index (χ4v) is 5.16. The van der Waals surface area contributed by atoms with Gasteiger partial charge in [-0.2, -0.15) is 9.49 Å². The van der Waals surface area contributed by atoms with Gasteiger partial charge in [0.15, 0.2) is 0 Å². The van der Waals surface area contributed by atoms with Crippen molar-refractivity contribution in [3.8, 4) is 17.1 Å². The molecule has 2 amide bonds. The van der Waals surface area contributed by atoms with Crippen molar-refractivity contribution in [2.45, 2.75) is 45.5 Å². The van der Waals surface area contributed by atoms with Crippen LogP contribution in [0.5, 0.6) is 5.88 Å². The van der Waals surface area contributed by atoms with Crippen molar-refractivity contribution in [2.75, 3.05) is 17.2 Å². The molecule has 0 fully saturated rings. The van der Waals surface area contributed by atoms with Crippen molar-refractivity contribution in [3.05, 3.63) is 89.4 Å². The molecule has 2 aliphatic heterocycles. The standard InChI is InChI=1S/C31H30FN7O3/c1-3-33-23-16-15-21(27(32)35-23)26-24(31-39(38-26)17-9-10-18(2)42-31)29(40)37-28-30(41)34-22-14-8-7-13-20(22)25(36-28)19-11-5-4-6-12-19/h4-8,11-16,18,28H,3,9-10,17H2,1-2H3,(H,33,35)(H,34,41)(H,37,40)/t18-,28+/m0/s1. The zero-order valence-corrected chi connectivity index (χ0v) is 23.2. The van der Waals surface area contributed by atoms with Gasteiger partial charge in [0.1, 0.15) is 17.1 Å². The maximum Gasteiger partial charge on any atom is 0.269 e. The van der Waals surface area contributed by atoms with Crippen molar-refractivity contribution in [1.29, 1.82) is 0 Å². The average Bonchev–Trinajstić information content (AvgIpc) is 3.13. The number of aryl methyl sites for hydroxylation is 1. The van der Waals surface area contributed by atoms with Crippen LogP contribution in [0.1, 0.15) is 48.2 Å². The van der Waals surface area contributed by atoms with Crippen molar-refractivity contribution >= 4 is 29.0 Å². The van der Waals surface area contributed by atoms with Gasteiger partial charge in [-0.1, -0.05) is 48.5 Å². The number of para-hydroxylation sites is 1. The van der Waals surface area contributed by atoms with E-state index in [1.165, 1.54) is 6.07 Å². The molecule has 4 heterocycles. The molecular weight excluding hydrogens is 537 g/mol. The number of nitrogens with one attached hydrogen (secondary N) is 3. The number of benzene rings is 2. The van der Waals surface area contributed by atoms with Crippen LogP contribution >= 0.6 is 0 Å². The number of carbonyl (C=O) groups excluding carboxylic acids is 2. The highest BCUT2D eigenvalue weighted by Gasteiger charge is 2.34. The molecule has 3 N–H and O–H groups in total. The lowest BCUT2D eigenvalue weighted by molar-refractivity contribution is -0.117. The molecule has 2 atom stereocenters. The number of amides is 2. The second-order valence-electron chi connectivity index (χ2n) is 10.1. The van der Waals surface area contributed by atoms with Gasteiger partial charge < -0.3 is 20.7 Å². The van der Waals surface area contributed by atoms with Crippen LogP contribution in [0, 0.1) is 5.95 Å². The molecule has 2 aromatic heterocycles. The minimum absolute atomic E-state index is 0.0201. The second-order valence-corrected chi connectivity index (χ2v) is 10.1. The first-order chi connectivity index (χ1) is 20.4. The van der Waals surface area contributed by atoms with Gasteiger partial charge in [-0.05, 0) is 44.9 Å². The van der Waals surface area contributed by atoms with Crippen LogP contribution < -0.4 is 20.7 Å². The Labute approximate surface area is 242 Å². The fraction of sp³-hybridized carbons (Fsp3) is 0.258. The van der Waals surface area contributed by atoms with Gasteiger partial charge in [0.2, 0.25) is 18.0 Å². The van der Waals surface area contributed by atoms with E-state index in [0.717, 1.165) is 24.0 Å². The van der Waals surface area contributed by atoms with E-state index in [-0.39, 0.29) is 28.8 Å². The number of aromatic nitrogens is 3. The van der Waals surface area contributed by atoms with Crippen LogP contribution in [0.25, 0.3) is 11.3 Å². The summed E-state index contributed by atoms with van der Waals surface area (Å²) in [6.07, 6.45) is 0.0524. The number of hydrogen-bond donors (Lipinski definition) is 3. The van der Waals surface area contributed by atoms with E-state index >= 15 is 4.39 Å². The summed E-state index contributed by atoms with van der Waals surface area (Å²) in [6.45, 7) is 4.85. The minimum Gasteiger partial charge on any atom is -0.474 e. The third-order valence-electron chi connectivity index (χ3n) is 7.15. The van der Waals surface area contributed by atoms with Gasteiger partial charge in [-0.15, -0.1) is 0 Å². The number of benzodiazepines with no additional fused rings is 1. The smallest absolute Gasteiger partial charge is 0.269 e.